The maximum absolute atomic E-state index is 13.3. The Labute approximate surface area is 252 Å². The summed E-state index contributed by atoms with van der Waals surface area (Å²) >= 11 is 1.43. The van der Waals surface area contributed by atoms with Crippen LogP contribution in [0.15, 0.2) is 16.9 Å². The predicted octanol–water partition coefficient (Wildman–Crippen LogP) is -2.27. The molecule has 4 aliphatic heterocycles. The number of rotatable bonds is 11. The quantitative estimate of drug-likeness (QED) is 0.166. The Kier molecular flexibility index (Phi) is 9.31. The molecule has 5 rings (SSSR count). The van der Waals surface area contributed by atoms with Crippen LogP contribution in [-0.4, -0.2) is 121 Å². The Bertz CT molecular complexity index is 1280. The van der Waals surface area contributed by atoms with E-state index in [9.17, 15) is 29.1 Å². The largest absolute Gasteiger partial charge is 0.477 e. The zero-order chi connectivity index (χ0) is 30.8. The minimum Gasteiger partial charge on any atom is -0.477 e. The Balaban J connectivity index is 1.15. The third-order valence-corrected chi connectivity index (χ3v) is 10.3. The van der Waals surface area contributed by atoms with Crippen LogP contribution in [0.2, 0.25) is 0 Å². The van der Waals surface area contributed by atoms with Crippen LogP contribution in [0.3, 0.4) is 0 Å². The van der Waals surface area contributed by atoms with Gasteiger partial charge in [0.05, 0.1) is 24.5 Å². The molecule has 0 bridgehead atoms. The summed E-state index contributed by atoms with van der Waals surface area (Å²) in [6, 6.07) is -1.26. The summed E-state index contributed by atoms with van der Waals surface area (Å²) in [7, 11) is 0. The van der Waals surface area contributed by atoms with E-state index in [1.54, 1.807) is 6.92 Å². The zero-order valence-electron chi connectivity index (χ0n) is 24.1. The van der Waals surface area contributed by atoms with Crippen LogP contribution in [0.25, 0.3) is 0 Å². The summed E-state index contributed by atoms with van der Waals surface area (Å²) < 4.78 is 1.27. The average Bonchev–Trinajstić information content (AvgIpc) is 3.72. The molecule has 1 aromatic heterocycles. The number of carboxylic acids is 1. The van der Waals surface area contributed by atoms with Crippen molar-refractivity contribution >= 4 is 41.4 Å². The molecule has 234 valence electrons. The molecule has 0 saturated carbocycles. The van der Waals surface area contributed by atoms with Crippen LogP contribution in [0.1, 0.15) is 33.1 Å². The van der Waals surface area contributed by atoms with Crippen LogP contribution >= 0.6 is 11.8 Å². The van der Waals surface area contributed by atoms with Gasteiger partial charge in [-0.1, -0.05) is 6.92 Å². The van der Waals surface area contributed by atoms with Crippen LogP contribution in [-0.2, 0) is 30.5 Å². The molecule has 3 saturated heterocycles. The van der Waals surface area contributed by atoms with Crippen molar-refractivity contribution in [3.8, 4) is 0 Å². The van der Waals surface area contributed by atoms with E-state index >= 15 is 0 Å². The Morgan fingerprint density at radius 2 is 1.98 bits per heavy atom. The van der Waals surface area contributed by atoms with Gasteiger partial charge in [-0.3, -0.25) is 19.2 Å². The van der Waals surface area contributed by atoms with Gasteiger partial charge in [-0.05, 0) is 42.5 Å². The number of piperidine rings is 1. The van der Waals surface area contributed by atoms with Crippen molar-refractivity contribution in [2.75, 3.05) is 32.7 Å². The third kappa shape index (κ3) is 6.38. The highest BCUT2D eigenvalue weighted by molar-refractivity contribution is 8.03. The predicted molar refractivity (Wildman–Crippen MR) is 153 cm³/mol. The minimum absolute atomic E-state index is 0.00505. The molecular weight excluding hydrogens is 580 g/mol. The number of hydrogen-bond acceptors (Lipinski definition) is 11. The first-order chi connectivity index (χ1) is 20.6. The molecule has 43 heavy (non-hydrogen) atoms. The number of β-lactam (4-membered cyclic amide) rings is 1. The van der Waals surface area contributed by atoms with E-state index in [2.05, 4.69) is 31.5 Å². The van der Waals surface area contributed by atoms with Crippen LogP contribution < -0.4 is 21.7 Å². The van der Waals surface area contributed by atoms with Gasteiger partial charge in [0.1, 0.15) is 18.6 Å². The molecule has 17 heteroatoms. The number of fused-ring (bicyclic) bond motifs is 1. The monoisotopic (exact) mass is 618 g/mol. The first-order valence-electron chi connectivity index (χ1n) is 14.5. The normalized spacial score (nSPS) is 28.0. The highest BCUT2D eigenvalue weighted by atomic mass is 32.2. The molecule has 1 unspecified atom stereocenters. The van der Waals surface area contributed by atoms with E-state index in [0.29, 0.717) is 43.4 Å². The molecular formula is C26H38N10O6S. The molecule has 16 nitrogen and oxygen atoms in total. The van der Waals surface area contributed by atoms with Crippen molar-refractivity contribution < 1.29 is 29.1 Å². The number of nitrogens with two attached hydrogens (primary N) is 1. The van der Waals surface area contributed by atoms with E-state index in [-0.39, 0.29) is 65.7 Å². The lowest BCUT2D eigenvalue weighted by Gasteiger charge is -2.47. The van der Waals surface area contributed by atoms with Gasteiger partial charge in [-0.15, -0.1) is 16.9 Å². The van der Waals surface area contributed by atoms with Crippen molar-refractivity contribution in [1.82, 2.24) is 46.0 Å². The number of tetrazole rings is 1. The summed E-state index contributed by atoms with van der Waals surface area (Å²) in [5.74, 6) is -2.50. The second-order valence-electron chi connectivity index (χ2n) is 11.6. The molecule has 5 heterocycles. The third-order valence-electron chi connectivity index (χ3n) is 8.80. The lowest BCUT2D eigenvalue weighted by Crippen LogP contribution is -2.66. The van der Waals surface area contributed by atoms with E-state index in [1.165, 1.54) is 27.7 Å². The number of carboxylic acid groups (broad SMARTS) is 1. The van der Waals surface area contributed by atoms with Crippen molar-refractivity contribution in [3.63, 3.8) is 0 Å². The molecule has 0 spiro atoms. The Morgan fingerprint density at radius 1 is 1.23 bits per heavy atom. The van der Waals surface area contributed by atoms with Gasteiger partial charge in [0.15, 0.2) is 0 Å². The molecule has 6 atom stereocenters. The number of carbonyl (C=O) groups is 5. The summed E-state index contributed by atoms with van der Waals surface area (Å²) in [6.45, 7) is 5.86. The summed E-state index contributed by atoms with van der Waals surface area (Å²) in [4.78, 5) is 66.6. The molecule has 0 radical (unpaired) electrons. The van der Waals surface area contributed by atoms with E-state index in [0.717, 1.165) is 12.8 Å². The molecule has 6 N–H and O–H groups in total. The van der Waals surface area contributed by atoms with Gasteiger partial charge < -0.3 is 36.6 Å². The van der Waals surface area contributed by atoms with Gasteiger partial charge >= 0.3 is 5.97 Å². The molecule has 0 aromatic carbocycles. The van der Waals surface area contributed by atoms with Gasteiger partial charge in [0.2, 0.25) is 23.6 Å². The van der Waals surface area contributed by atoms with E-state index in [4.69, 9.17) is 5.73 Å². The smallest absolute Gasteiger partial charge is 0.353 e. The number of hydrogen-bond donors (Lipinski definition) is 5. The zero-order valence-corrected chi connectivity index (χ0v) is 25.0. The fourth-order valence-corrected chi connectivity index (χ4v) is 8.03. The number of carbonyl (C=O) groups excluding carboxylic acids is 4. The molecule has 4 aliphatic rings. The number of amides is 4. The second kappa shape index (κ2) is 13.0. The highest BCUT2D eigenvalue weighted by Gasteiger charge is 2.60. The maximum Gasteiger partial charge on any atom is 0.353 e. The second-order valence-corrected chi connectivity index (χ2v) is 13.0. The molecule has 1 aromatic rings. The standard InChI is InChI=1S/C26H38N10O6S/c1-13-21-20(14(2)31-19(38)11-35-12-30-32-33-35)25(40)36(21)22(26(41)42)23(13)43-16-7-17(28-10-16)24(39)34-5-3-15(4-6-34)9-29-18(37)8-27/h12-17,20-21,28H,3-11,27H2,1-2H3,(H,29,37)(H,31,38)(H,41,42)/t13-,14-,16+,17+,20-,21?/m1/s1. The lowest BCUT2D eigenvalue weighted by molar-refractivity contribution is -0.158. The maximum atomic E-state index is 13.3. The fraction of sp³-hybridized carbons (Fsp3) is 0.692. The Hall–Kier alpha value is -3.57. The van der Waals surface area contributed by atoms with E-state index < -0.39 is 17.9 Å². The topological polar surface area (TPSA) is 218 Å². The van der Waals surface area contributed by atoms with Crippen molar-refractivity contribution in [3.05, 3.63) is 16.9 Å². The van der Waals surface area contributed by atoms with Gasteiger partial charge in [0.25, 0.3) is 0 Å². The SMILES string of the molecule is C[C@H]1C(S[C@@H]2CN[C@H](C(=O)N3CCC(CNC(=O)CN)CC3)C2)=C(C(=O)O)N2C(=O)[C@H]([C@@H](C)NC(=O)Cn3cnnn3)C12. The van der Waals surface area contributed by atoms with E-state index in [1.807, 2.05) is 11.8 Å². The fourth-order valence-electron chi connectivity index (χ4n) is 6.55. The van der Waals surface area contributed by atoms with Gasteiger partial charge in [0, 0.05) is 48.3 Å². The Morgan fingerprint density at radius 3 is 2.63 bits per heavy atom. The molecule has 4 amide bonds. The number of nitrogens with zero attached hydrogens (tertiary/aromatic N) is 6. The van der Waals surface area contributed by atoms with Gasteiger partial charge in [-0.25, -0.2) is 9.48 Å². The van der Waals surface area contributed by atoms with Crippen LogP contribution in [0, 0.1) is 17.8 Å². The average molecular weight is 619 g/mol. The molecule has 0 aliphatic carbocycles. The van der Waals surface area contributed by atoms with Gasteiger partial charge in [-0.2, -0.15) is 0 Å². The number of aromatic nitrogens is 4. The van der Waals surface area contributed by atoms with Crippen molar-refractivity contribution in [1.29, 1.82) is 0 Å². The number of aliphatic carboxylic acids is 1. The molecule has 3 fully saturated rings. The van der Waals surface area contributed by atoms with Crippen molar-refractivity contribution in [2.24, 2.45) is 23.5 Å². The first-order valence-corrected chi connectivity index (χ1v) is 15.4. The number of nitrogens with one attached hydrogen (secondary N) is 3. The highest BCUT2D eigenvalue weighted by Crippen LogP contribution is 2.51. The first kappa shape index (κ1) is 30.9. The lowest BCUT2D eigenvalue weighted by atomic mass is 9.78. The summed E-state index contributed by atoms with van der Waals surface area (Å²) in [6.07, 6.45) is 3.47. The van der Waals surface area contributed by atoms with Crippen molar-refractivity contribution in [2.45, 2.75) is 63.0 Å². The summed E-state index contributed by atoms with van der Waals surface area (Å²) in [5.41, 5.74) is 5.34. The van der Waals surface area contributed by atoms with Crippen LogP contribution in [0.4, 0.5) is 0 Å². The van der Waals surface area contributed by atoms with Crippen LogP contribution in [0.5, 0.6) is 0 Å². The number of likely N-dealkylation sites (tertiary alicyclic amines) is 1. The number of thioether (sulfide) groups is 1. The minimum atomic E-state index is -1.16. The summed E-state index contributed by atoms with van der Waals surface area (Å²) in [5, 5.41) is 29.7.